The molecule has 0 spiro atoms. The summed E-state index contributed by atoms with van der Waals surface area (Å²) in [4.78, 5) is 14.2. The van der Waals surface area contributed by atoms with Gasteiger partial charge in [-0.1, -0.05) is 0 Å². The molecule has 4 rings (SSSR count). The van der Waals surface area contributed by atoms with Gasteiger partial charge in [-0.3, -0.25) is 4.79 Å². The zero-order valence-corrected chi connectivity index (χ0v) is 8.54. The lowest BCUT2D eigenvalue weighted by molar-refractivity contribution is -0.144. The molecule has 3 heteroatoms. The van der Waals surface area contributed by atoms with Gasteiger partial charge in [0.05, 0.1) is 5.92 Å². The molecule has 0 aromatic rings. The highest BCUT2D eigenvalue weighted by atomic mass is 16.2. The summed E-state index contributed by atoms with van der Waals surface area (Å²) in [6, 6.07) is 0.591. The summed E-state index contributed by atoms with van der Waals surface area (Å²) in [7, 11) is 0. The average molecular weight is 194 g/mol. The first-order valence-electron chi connectivity index (χ1n) is 5.86. The minimum absolute atomic E-state index is 0.300. The quantitative estimate of drug-likeness (QED) is 0.663. The van der Waals surface area contributed by atoms with E-state index in [4.69, 9.17) is 0 Å². The van der Waals surface area contributed by atoms with E-state index in [0.29, 0.717) is 17.9 Å². The lowest BCUT2D eigenvalue weighted by atomic mass is 9.79. The molecule has 0 atom stereocenters. The maximum absolute atomic E-state index is 12.1. The number of rotatable bonds is 1. The summed E-state index contributed by atoms with van der Waals surface area (Å²) in [6.45, 7) is 2.87. The molecule has 14 heavy (non-hydrogen) atoms. The van der Waals surface area contributed by atoms with Crippen molar-refractivity contribution >= 4 is 5.91 Å². The van der Waals surface area contributed by atoms with Crippen LogP contribution in [0.15, 0.2) is 0 Å². The predicted octanol–water partition coefficient (Wildman–Crippen LogP) is 0.607. The maximum Gasteiger partial charge on any atom is 0.228 e. The van der Waals surface area contributed by atoms with Gasteiger partial charge in [0.1, 0.15) is 0 Å². The van der Waals surface area contributed by atoms with E-state index in [1.165, 1.54) is 25.7 Å². The monoisotopic (exact) mass is 194 g/mol. The molecule has 3 heterocycles. The standard InChI is InChI=1S/C11H18N2O/c14-11(9-5-12-6-9)13-7-8-1-3-10(13)4-2-8/h8-10,12H,1-7H2. The Labute approximate surface area is 84.8 Å². The Morgan fingerprint density at radius 1 is 1.14 bits per heavy atom. The first-order chi connectivity index (χ1) is 6.84. The van der Waals surface area contributed by atoms with Crippen molar-refractivity contribution in [1.82, 2.24) is 10.2 Å². The zero-order valence-electron chi connectivity index (χ0n) is 8.54. The lowest BCUT2D eigenvalue weighted by Crippen LogP contribution is -2.58. The second-order valence-electron chi connectivity index (χ2n) is 5.02. The summed E-state index contributed by atoms with van der Waals surface area (Å²) in [5.41, 5.74) is 0. The molecule has 3 saturated heterocycles. The molecule has 4 fully saturated rings. The van der Waals surface area contributed by atoms with Crippen molar-refractivity contribution in [3.63, 3.8) is 0 Å². The second-order valence-corrected chi connectivity index (χ2v) is 5.02. The molecule has 0 aromatic heterocycles. The number of hydrogen-bond acceptors (Lipinski definition) is 2. The van der Waals surface area contributed by atoms with Crippen LogP contribution >= 0.6 is 0 Å². The van der Waals surface area contributed by atoms with Crippen LogP contribution in [-0.4, -0.2) is 36.5 Å². The minimum Gasteiger partial charge on any atom is -0.339 e. The molecular weight excluding hydrogens is 176 g/mol. The third kappa shape index (κ3) is 1.26. The Balaban J connectivity index is 1.69. The normalized spacial score (nSPS) is 37.0. The number of carbonyl (C=O) groups excluding carboxylic acids is 1. The van der Waals surface area contributed by atoms with Crippen molar-refractivity contribution in [1.29, 1.82) is 0 Å². The minimum atomic E-state index is 0.300. The van der Waals surface area contributed by atoms with Crippen LogP contribution in [0.2, 0.25) is 0 Å². The first kappa shape index (κ1) is 8.72. The van der Waals surface area contributed by atoms with Crippen molar-refractivity contribution in [2.24, 2.45) is 11.8 Å². The van der Waals surface area contributed by atoms with Crippen LogP contribution in [0.3, 0.4) is 0 Å². The molecule has 2 bridgehead atoms. The van der Waals surface area contributed by atoms with Crippen molar-refractivity contribution in [2.75, 3.05) is 19.6 Å². The molecule has 1 amide bonds. The third-order valence-corrected chi connectivity index (χ3v) is 4.13. The van der Waals surface area contributed by atoms with Crippen LogP contribution in [0, 0.1) is 11.8 Å². The number of nitrogens with one attached hydrogen (secondary N) is 1. The molecule has 3 aliphatic heterocycles. The van der Waals surface area contributed by atoms with E-state index in [1.807, 2.05) is 0 Å². The number of fused-ring (bicyclic) bond motifs is 3. The summed E-state index contributed by atoms with van der Waals surface area (Å²) < 4.78 is 0. The molecular formula is C11H18N2O. The van der Waals surface area contributed by atoms with Gasteiger partial charge in [0.15, 0.2) is 0 Å². The van der Waals surface area contributed by atoms with Gasteiger partial charge in [-0.2, -0.15) is 0 Å². The van der Waals surface area contributed by atoms with Gasteiger partial charge in [-0.15, -0.1) is 0 Å². The summed E-state index contributed by atoms with van der Waals surface area (Å²) in [5, 5.41) is 3.18. The smallest absolute Gasteiger partial charge is 0.228 e. The Morgan fingerprint density at radius 2 is 1.86 bits per heavy atom. The summed E-state index contributed by atoms with van der Waals surface area (Å²) in [5.74, 6) is 1.55. The van der Waals surface area contributed by atoms with E-state index in [1.54, 1.807) is 0 Å². The molecule has 78 valence electrons. The molecule has 1 aliphatic carbocycles. The number of nitrogens with zero attached hydrogens (tertiary/aromatic N) is 1. The van der Waals surface area contributed by atoms with E-state index < -0.39 is 0 Å². The topological polar surface area (TPSA) is 32.3 Å². The van der Waals surface area contributed by atoms with Crippen LogP contribution < -0.4 is 5.32 Å². The average Bonchev–Trinajstić information content (AvgIpc) is 2.17. The van der Waals surface area contributed by atoms with Crippen LogP contribution in [0.1, 0.15) is 25.7 Å². The van der Waals surface area contributed by atoms with Gasteiger partial charge in [0.25, 0.3) is 0 Å². The van der Waals surface area contributed by atoms with Gasteiger partial charge < -0.3 is 10.2 Å². The fraction of sp³-hybridized carbons (Fsp3) is 0.909. The number of piperidine rings is 2. The van der Waals surface area contributed by atoms with Crippen molar-refractivity contribution in [3.05, 3.63) is 0 Å². The number of carbonyl (C=O) groups is 1. The molecule has 1 N–H and O–H groups in total. The van der Waals surface area contributed by atoms with Gasteiger partial charge in [0.2, 0.25) is 5.91 Å². The van der Waals surface area contributed by atoms with Crippen LogP contribution in [0.25, 0.3) is 0 Å². The molecule has 0 aromatic carbocycles. The summed E-state index contributed by atoms with van der Waals surface area (Å²) in [6.07, 6.45) is 5.24. The van der Waals surface area contributed by atoms with E-state index >= 15 is 0 Å². The van der Waals surface area contributed by atoms with Crippen molar-refractivity contribution in [3.8, 4) is 0 Å². The second kappa shape index (κ2) is 3.23. The van der Waals surface area contributed by atoms with Crippen molar-refractivity contribution < 1.29 is 4.79 Å². The van der Waals surface area contributed by atoms with E-state index in [9.17, 15) is 4.79 Å². The van der Waals surface area contributed by atoms with Gasteiger partial charge in [-0.25, -0.2) is 0 Å². The van der Waals surface area contributed by atoms with Gasteiger partial charge in [-0.05, 0) is 31.6 Å². The molecule has 4 aliphatic rings. The Morgan fingerprint density at radius 3 is 2.29 bits per heavy atom. The highest BCUT2D eigenvalue weighted by Gasteiger charge is 2.39. The SMILES string of the molecule is O=C(C1CNC1)N1CC2CCC1CC2. The highest BCUT2D eigenvalue weighted by molar-refractivity contribution is 5.80. The fourth-order valence-electron chi connectivity index (χ4n) is 3.03. The van der Waals surface area contributed by atoms with Gasteiger partial charge in [0, 0.05) is 25.7 Å². The number of hydrogen-bond donors (Lipinski definition) is 1. The highest BCUT2D eigenvalue weighted by Crippen LogP contribution is 2.35. The molecule has 0 unspecified atom stereocenters. The van der Waals surface area contributed by atoms with Crippen LogP contribution in [0.4, 0.5) is 0 Å². The van der Waals surface area contributed by atoms with Gasteiger partial charge >= 0.3 is 0 Å². The zero-order chi connectivity index (χ0) is 9.54. The van der Waals surface area contributed by atoms with Crippen LogP contribution in [-0.2, 0) is 4.79 Å². The Bertz CT molecular complexity index is 242. The van der Waals surface area contributed by atoms with Crippen LogP contribution in [0.5, 0.6) is 0 Å². The van der Waals surface area contributed by atoms with E-state index in [2.05, 4.69) is 10.2 Å². The number of amides is 1. The van der Waals surface area contributed by atoms with Crippen molar-refractivity contribution in [2.45, 2.75) is 31.7 Å². The molecule has 3 nitrogen and oxygen atoms in total. The molecule has 0 radical (unpaired) electrons. The first-order valence-corrected chi connectivity index (χ1v) is 5.86. The largest absolute Gasteiger partial charge is 0.339 e. The Hall–Kier alpha value is -0.570. The third-order valence-electron chi connectivity index (χ3n) is 4.13. The summed E-state index contributed by atoms with van der Waals surface area (Å²) >= 11 is 0. The van der Waals surface area contributed by atoms with E-state index in [0.717, 1.165) is 25.6 Å². The Kier molecular flexibility index (Phi) is 2.01. The van der Waals surface area contributed by atoms with E-state index in [-0.39, 0.29) is 0 Å². The lowest BCUT2D eigenvalue weighted by Gasteiger charge is -2.47. The fourth-order valence-corrected chi connectivity index (χ4v) is 3.03. The predicted molar refractivity (Wildman–Crippen MR) is 53.8 cm³/mol. The molecule has 1 saturated carbocycles. The maximum atomic E-state index is 12.1.